The first-order valence-electron chi connectivity index (χ1n) is 4.04. The largest absolute Gasteiger partial charge is 0.452 e. The Labute approximate surface area is 78.9 Å². The minimum atomic E-state index is 0.108. The van der Waals surface area contributed by atoms with E-state index in [0.29, 0.717) is 11.5 Å². The van der Waals surface area contributed by atoms with Crippen molar-refractivity contribution in [1.82, 2.24) is 0 Å². The number of carbonyl (C=O) groups is 1. The summed E-state index contributed by atoms with van der Waals surface area (Å²) in [4.78, 5) is 12.3. The predicted molar refractivity (Wildman–Crippen MR) is 51.3 cm³/mol. The number of ketones is 1. The van der Waals surface area contributed by atoms with E-state index >= 15 is 0 Å². The first-order valence-corrected chi connectivity index (χ1v) is 5.02. The van der Waals surface area contributed by atoms with Crippen LogP contribution < -0.4 is 0 Å². The summed E-state index contributed by atoms with van der Waals surface area (Å²) in [7, 11) is 0. The SMILES string of the molecule is O=C1CSc2c1oc1ccccc21. The minimum absolute atomic E-state index is 0.108. The zero-order valence-electron chi connectivity index (χ0n) is 6.74. The normalized spacial score (nSPS) is 15.2. The second-order valence-electron chi connectivity index (χ2n) is 2.97. The first kappa shape index (κ1) is 7.21. The van der Waals surface area contributed by atoms with Crippen LogP contribution in [-0.2, 0) is 0 Å². The fourth-order valence-corrected chi connectivity index (χ4v) is 2.57. The van der Waals surface area contributed by atoms with Gasteiger partial charge in [0, 0.05) is 5.39 Å². The smallest absolute Gasteiger partial charge is 0.209 e. The molecule has 3 heteroatoms. The molecule has 1 aromatic carbocycles. The molecule has 0 amide bonds. The van der Waals surface area contributed by atoms with Gasteiger partial charge in [-0.15, -0.1) is 11.8 Å². The lowest BCUT2D eigenvalue weighted by Crippen LogP contribution is -1.91. The molecule has 0 atom stereocenters. The van der Waals surface area contributed by atoms with Gasteiger partial charge in [-0.25, -0.2) is 0 Å². The Hall–Kier alpha value is -1.22. The molecule has 3 rings (SSSR count). The number of para-hydroxylation sites is 1. The Morgan fingerprint density at radius 1 is 1.31 bits per heavy atom. The van der Waals surface area contributed by atoms with E-state index in [9.17, 15) is 4.79 Å². The Balaban J connectivity index is 2.44. The van der Waals surface area contributed by atoms with E-state index in [1.807, 2.05) is 24.3 Å². The Kier molecular flexibility index (Phi) is 1.32. The lowest BCUT2D eigenvalue weighted by Gasteiger charge is -1.88. The van der Waals surface area contributed by atoms with Crippen LogP contribution in [-0.4, -0.2) is 11.5 Å². The molecule has 0 radical (unpaired) electrons. The van der Waals surface area contributed by atoms with E-state index in [-0.39, 0.29) is 5.78 Å². The number of furan rings is 1. The molecule has 0 saturated carbocycles. The second kappa shape index (κ2) is 2.39. The number of Topliss-reactive ketones (excluding diaryl/α,β-unsaturated/α-hetero) is 1. The summed E-state index contributed by atoms with van der Waals surface area (Å²) >= 11 is 1.57. The lowest BCUT2D eigenvalue weighted by molar-refractivity contribution is 0.0995. The van der Waals surface area contributed by atoms with Crippen LogP contribution in [0.25, 0.3) is 11.0 Å². The minimum Gasteiger partial charge on any atom is -0.452 e. The van der Waals surface area contributed by atoms with E-state index in [4.69, 9.17) is 4.42 Å². The molecular formula is C10H6O2S. The molecule has 0 bridgehead atoms. The third-order valence-corrected chi connectivity index (χ3v) is 3.25. The van der Waals surface area contributed by atoms with E-state index in [0.717, 1.165) is 15.9 Å². The maximum absolute atomic E-state index is 11.3. The first-order chi connectivity index (χ1) is 6.36. The maximum atomic E-state index is 11.3. The Morgan fingerprint density at radius 2 is 2.15 bits per heavy atom. The van der Waals surface area contributed by atoms with E-state index < -0.39 is 0 Å². The van der Waals surface area contributed by atoms with Gasteiger partial charge >= 0.3 is 0 Å². The van der Waals surface area contributed by atoms with Crippen LogP contribution in [0.4, 0.5) is 0 Å². The van der Waals surface area contributed by atoms with Crippen molar-refractivity contribution in [2.75, 3.05) is 5.75 Å². The molecule has 1 aliphatic heterocycles. The summed E-state index contributed by atoms with van der Waals surface area (Å²) < 4.78 is 5.45. The molecule has 0 unspecified atom stereocenters. The molecule has 2 heterocycles. The third kappa shape index (κ3) is 0.877. The van der Waals surface area contributed by atoms with Gasteiger partial charge in [-0.1, -0.05) is 12.1 Å². The standard InChI is InChI=1S/C10H6O2S/c11-7-5-13-10-6-3-1-2-4-8(6)12-9(7)10/h1-4H,5H2. The highest BCUT2D eigenvalue weighted by atomic mass is 32.2. The highest BCUT2D eigenvalue weighted by Crippen LogP contribution is 2.39. The third-order valence-electron chi connectivity index (χ3n) is 2.15. The summed E-state index contributed by atoms with van der Waals surface area (Å²) in [6.45, 7) is 0. The highest BCUT2D eigenvalue weighted by molar-refractivity contribution is 8.00. The molecule has 1 aromatic heterocycles. The maximum Gasteiger partial charge on any atom is 0.209 e. The molecule has 13 heavy (non-hydrogen) atoms. The fourth-order valence-electron chi connectivity index (χ4n) is 1.55. The van der Waals surface area contributed by atoms with Crippen LogP contribution in [0.2, 0.25) is 0 Å². The van der Waals surface area contributed by atoms with Gasteiger partial charge in [0.2, 0.25) is 5.78 Å². The van der Waals surface area contributed by atoms with Crippen molar-refractivity contribution in [1.29, 1.82) is 0 Å². The number of carbonyl (C=O) groups excluding carboxylic acids is 1. The summed E-state index contributed by atoms with van der Waals surface area (Å²) in [5.41, 5.74) is 0.813. The summed E-state index contributed by atoms with van der Waals surface area (Å²) in [6.07, 6.45) is 0. The predicted octanol–water partition coefficient (Wildman–Crippen LogP) is 2.72. The molecule has 0 spiro atoms. The van der Waals surface area contributed by atoms with E-state index in [2.05, 4.69) is 0 Å². The number of hydrogen-bond acceptors (Lipinski definition) is 3. The molecule has 0 fully saturated rings. The van der Waals surface area contributed by atoms with Gasteiger partial charge in [-0.2, -0.15) is 0 Å². The van der Waals surface area contributed by atoms with Crippen LogP contribution in [0.3, 0.4) is 0 Å². The summed E-state index contributed by atoms with van der Waals surface area (Å²) in [6, 6.07) is 7.75. The van der Waals surface area contributed by atoms with Crippen LogP contribution in [0.1, 0.15) is 10.6 Å². The molecule has 0 saturated heterocycles. The van der Waals surface area contributed by atoms with Crippen molar-refractivity contribution in [3.05, 3.63) is 30.0 Å². The van der Waals surface area contributed by atoms with Crippen LogP contribution in [0, 0.1) is 0 Å². The molecule has 64 valence electrons. The highest BCUT2D eigenvalue weighted by Gasteiger charge is 2.27. The van der Waals surface area contributed by atoms with Gasteiger partial charge in [0.1, 0.15) is 5.58 Å². The van der Waals surface area contributed by atoms with Crippen LogP contribution in [0.15, 0.2) is 33.6 Å². The van der Waals surface area contributed by atoms with Gasteiger partial charge in [0.25, 0.3) is 0 Å². The Bertz CT molecular complexity index is 499. The van der Waals surface area contributed by atoms with Gasteiger partial charge in [-0.3, -0.25) is 4.79 Å². The second-order valence-corrected chi connectivity index (χ2v) is 3.95. The molecule has 0 N–H and O–H groups in total. The lowest BCUT2D eigenvalue weighted by atomic mass is 10.2. The van der Waals surface area contributed by atoms with Gasteiger partial charge < -0.3 is 4.42 Å². The van der Waals surface area contributed by atoms with E-state index in [1.165, 1.54) is 0 Å². The van der Waals surface area contributed by atoms with Crippen LogP contribution in [0.5, 0.6) is 0 Å². The molecular weight excluding hydrogens is 184 g/mol. The molecule has 0 aliphatic carbocycles. The average molecular weight is 190 g/mol. The average Bonchev–Trinajstić information content (AvgIpc) is 2.67. The Morgan fingerprint density at radius 3 is 3.08 bits per heavy atom. The fraction of sp³-hybridized carbons (Fsp3) is 0.100. The summed E-state index contributed by atoms with van der Waals surface area (Å²) in [5, 5.41) is 1.06. The molecule has 2 nitrogen and oxygen atoms in total. The number of thioether (sulfide) groups is 1. The van der Waals surface area contributed by atoms with Crippen LogP contribution >= 0.6 is 11.8 Å². The van der Waals surface area contributed by atoms with Gasteiger partial charge in [0.05, 0.1) is 10.6 Å². The zero-order valence-corrected chi connectivity index (χ0v) is 7.56. The van der Waals surface area contributed by atoms with Gasteiger partial charge in [0.15, 0.2) is 5.76 Å². The van der Waals surface area contributed by atoms with Crippen molar-refractivity contribution in [2.45, 2.75) is 4.90 Å². The molecule has 2 aromatic rings. The number of rotatable bonds is 0. The van der Waals surface area contributed by atoms with Crippen molar-refractivity contribution in [2.24, 2.45) is 0 Å². The van der Waals surface area contributed by atoms with Gasteiger partial charge in [-0.05, 0) is 12.1 Å². The zero-order chi connectivity index (χ0) is 8.84. The quantitative estimate of drug-likeness (QED) is 0.639. The summed E-state index contributed by atoms with van der Waals surface area (Å²) in [5.74, 6) is 1.18. The topological polar surface area (TPSA) is 30.2 Å². The van der Waals surface area contributed by atoms with Crippen molar-refractivity contribution in [3.8, 4) is 0 Å². The molecule has 1 aliphatic rings. The van der Waals surface area contributed by atoms with E-state index in [1.54, 1.807) is 11.8 Å². The number of benzene rings is 1. The number of hydrogen-bond donors (Lipinski definition) is 0. The monoisotopic (exact) mass is 190 g/mol. The number of fused-ring (bicyclic) bond motifs is 3. The van der Waals surface area contributed by atoms with Crippen molar-refractivity contribution < 1.29 is 9.21 Å². The van der Waals surface area contributed by atoms with Crippen molar-refractivity contribution in [3.63, 3.8) is 0 Å². The van der Waals surface area contributed by atoms with Crippen molar-refractivity contribution >= 4 is 28.5 Å².